The summed E-state index contributed by atoms with van der Waals surface area (Å²) in [5, 5.41) is 9.27. The number of anilines is 1. The zero-order valence-corrected chi connectivity index (χ0v) is 17.7. The van der Waals surface area contributed by atoms with Gasteiger partial charge in [0.2, 0.25) is 0 Å². The number of nitrogens with zero attached hydrogens (tertiary/aromatic N) is 3. The molecule has 1 heterocycles. The molecule has 0 aliphatic carbocycles. The van der Waals surface area contributed by atoms with E-state index in [-0.39, 0.29) is 10.8 Å². The maximum Gasteiger partial charge on any atom is 0.255 e. The first kappa shape index (κ1) is 19.6. The van der Waals surface area contributed by atoms with E-state index in [0.717, 1.165) is 15.5 Å². The highest BCUT2D eigenvalue weighted by atomic mass is 127. The molecule has 1 amide bonds. The number of hydrogen-bond acceptors (Lipinski definition) is 5. The Kier molecular flexibility index (Phi) is 5.72. The first-order valence-corrected chi connectivity index (χ1v) is 11.3. The molecule has 3 rings (SSSR count). The molecule has 140 valence electrons. The topological polar surface area (TPSA) is 81.5 Å². The summed E-state index contributed by atoms with van der Waals surface area (Å²) in [6, 6.07) is 14.3. The smallest absolute Gasteiger partial charge is 0.255 e. The number of hydrogen-bond donors (Lipinski definition) is 0. The van der Waals surface area contributed by atoms with E-state index >= 15 is 0 Å². The second-order valence-electron chi connectivity index (χ2n) is 6.32. The minimum Gasteiger partial charge on any atom is -0.367 e. The van der Waals surface area contributed by atoms with Gasteiger partial charge in [0, 0.05) is 36.0 Å². The van der Waals surface area contributed by atoms with Gasteiger partial charge in [0.15, 0.2) is 9.84 Å². The summed E-state index contributed by atoms with van der Waals surface area (Å²) in [4.78, 5) is 16.9. The summed E-state index contributed by atoms with van der Waals surface area (Å²) in [5.74, 6) is -0.168. The lowest BCUT2D eigenvalue weighted by molar-refractivity contribution is 0.0745. The third-order valence-corrected chi connectivity index (χ3v) is 6.58. The van der Waals surface area contributed by atoms with E-state index in [1.807, 2.05) is 18.2 Å². The lowest BCUT2D eigenvalue weighted by Gasteiger charge is -2.36. The minimum absolute atomic E-state index is 0.146. The molecule has 0 spiro atoms. The Hall–Kier alpha value is -2.12. The van der Waals surface area contributed by atoms with Crippen LogP contribution in [-0.4, -0.2) is 51.7 Å². The molecule has 8 heteroatoms. The fourth-order valence-electron chi connectivity index (χ4n) is 3.06. The van der Waals surface area contributed by atoms with E-state index in [4.69, 9.17) is 0 Å². The SMILES string of the molecule is CS(=O)(=O)c1ccc(I)c(C(=O)N2CCN(c3ccccc3C#N)CC2)c1. The quantitative estimate of drug-likeness (QED) is 0.612. The van der Waals surface area contributed by atoms with Crippen molar-refractivity contribution in [2.24, 2.45) is 0 Å². The number of carbonyl (C=O) groups excluding carboxylic acids is 1. The third-order valence-electron chi connectivity index (χ3n) is 4.53. The van der Waals surface area contributed by atoms with E-state index < -0.39 is 9.84 Å². The highest BCUT2D eigenvalue weighted by Gasteiger charge is 2.25. The number of carbonyl (C=O) groups is 1. The average Bonchev–Trinajstić information content (AvgIpc) is 2.67. The van der Waals surface area contributed by atoms with Crippen molar-refractivity contribution in [3.05, 3.63) is 57.2 Å². The third kappa shape index (κ3) is 4.25. The average molecular weight is 495 g/mol. The normalized spacial score (nSPS) is 14.7. The van der Waals surface area contributed by atoms with E-state index in [1.165, 1.54) is 12.1 Å². The molecule has 0 unspecified atom stereocenters. The molecule has 0 aromatic heterocycles. The number of rotatable bonds is 3. The van der Waals surface area contributed by atoms with E-state index in [0.29, 0.717) is 37.3 Å². The molecule has 0 bridgehead atoms. The van der Waals surface area contributed by atoms with Crippen LogP contribution in [0, 0.1) is 14.9 Å². The maximum absolute atomic E-state index is 12.9. The minimum atomic E-state index is -3.37. The van der Waals surface area contributed by atoms with E-state index in [1.54, 1.807) is 17.0 Å². The van der Waals surface area contributed by atoms with Crippen LogP contribution in [0.3, 0.4) is 0 Å². The fourth-order valence-corrected chi connectivity index (χ4v) is 4.28. The molecule has 1 aliphatic rings. The molecule has 1 aliphatic heterocycles. The molecule has 27 heavy (non-hydrogen) atoms. The zero-order valence-electron chi connectivity index (χ0n) is 14.7. The van der Waals surface area contributed by atoms with Crippen molar-refractivity contribution >= 4 is 44.0 Å². The Morgan fingerprint density at radius 2 is 1.78 bits per heavy atom. The molecule has 6 nitrogen and oxygen atoms in total. The zero-order chi connectivity index (χ0) is 19.6. The second-order valence-corrected chi connectivity index (χ2v) is 9.50. The van der Waals surface area contributed by atoms with Crippen molar-refractivity contribution in [2.75, 3.05) is 37.3 Å². The lowest BCUT2D eigenvalue weighted by Crippen LogP contribution is -2.49. The Morgan fingerprint density at radius 1 is 1.11 bits per heavy atom. The van der Waals surface area contributed by atoms with Crippen LogP contribution in [0.2, 0.25) is 0 Å². The molecular weight excluding hydrogens is 477 g/mol. The van der Waals surface area contributed by atoms with Gasteiger partial charge in [0.05, 0.1) is 21.7 Å². The standard InChI is InChI=1S/C19H18IN3O3S/c1-27(25,26)15-6-7-17(20)16(12-15)19(24)23-10-8-22(9-11-23)18-5-3-2-4-14(18)13-21/h2-7,12H,8-11H2,1H3. The Labute approximate surface area is 172 Å². The van der Waals surface area contributed by atoms with Crippen LogP contribution >= 0.6 is 22.6 Å². The summed E-state index contributed by atoms with van der Waals surface area (Å²) >= 11 is 2.05. The van der Waals surface area contributed by atoms with Crippen LogP contribution in [0.5, 0.6) is 0 Å². The number of para-hydroxylation sites is 1. The van der Waals surface area contributed by atoms with Crippen LogP contribution < -0.4 is 4.90 Å². The highest BCUT2D eigenvalue weighted by molar-refractivity contribution is 14.1. The Balaban J connectivity index is 1.77. The fraction of sp³-hybridized carbons (Fsp3) is 0.263. The molecule has 2 aromatic carbocycles. The van der Waals surface area contributed by atoms with Gasteiger partial charge in [-0.05, 0) is 52.9 Å². The summed E-state index contributed by atoms with van der Waals surface area (Å²) < 4.78 is 24.3. The molecule has 0 atom stereocenters. The lowest BCUT2D eigenvalue weighted by atomic mass is 10.1. The van der Waals surface area contributed by atoms with Gasteiger partial charge in [-0.25, -0.2) is 8.42 Å². The molecular formula is C19H18IN3O3S. The van der Waals surface area contributed by atoms with Crippen LogP contribution in [0.4, 0.5) is 5.69 Å². The van der Waals surface area contributed by atoms with Gasteiger partial charge in [-0.3, -0.25) is 4.79 Å². The van der Waals surface area contributed by atoms with Gasteiger partial charge in [0.25, 0.3) is 5.91 Å². The van der Waals surface area contributed by atoms with Crippen molar-refractivity contribution < 1.29 is 13.2 Å². The van der Waals surface area contributed by atoms with Gasteiger partial charge in [-0.1, -0.05) is 12.1 Å². The Bertz CT molecular complexity index is 1020. The van der Waals surface area contributed by atoms with Gasteiger partial charge in [-0.2, -0.15) is 5.26 Å². The molecule has 1 saturated heterocycles. The van der Waals surface area contributed by atoms with Crippen LogP contribution in [0.15, 0.2) is 47.4 Å². The summed E-state index contributed by atoms with van der Waals surface area (Å²) in [5.41, 5.74) is 1.90. The van der Waals surface area contributed by atoms with Crippen molar-refractivity contribution in [3.63, 3.8) is 0 Å². The second kappa shape index (κ2) is 7.86. The number of sulfone groups is 1. The van der Waals surface area contributed by atoms with Crippen LogP contribution in [0.25, 0.3) is 0 Å². The highest BCUT2D eigenvalue weighted by Crippen LogP contribution is 2.23. The van der Waals surface area contributed by atoms with Gasteiger partial charge < -0.3 is 9.80 Å². The number of nitriles is 1. The first-order valence-electron chi connectivity index (χ1n) is 8.34. The van der Waals surface area contributed by atoms with Crippen LogP contribution in [0.1, 0.15) is 15.9 Å². The molecule has 0 N–H and O–H groups in total. The van der Waals surface area contributed by atoms with Gasteiger partial charge >= 0.3 is 0 Å². The molecule has 2 aromatic rings. The largest absolute Gasteiger partial charge is 0.367 e. The molecule has 1 fully saturated rings. The predicted molar refractivity (Wildman–Crippen MR) is 112 cm³/mol. The number of halogens is 1. The summed E-state index contributed by atoms with van der Waals surface area (Å²) in [6.07, 6.45) is 1.13. The first-order chi connectivity index (χ1) is 12.8. The number of benzene rings is 2. The van der Waals surface area contributed by atoms with Crippen molar-refractivity contribution in [3.8, 4) is 6.07 Å². The van der Waals surface area contributed by atoms with E-state index in [2.05, 4.69) is 33.6 Å². The predicted octanol–water partition coefficient (Wildman–Crippen LogP) is 2.53. The maximum atomic E-state index is 12.9. The monoisotopic (exact) mass is 495 g/mol. The molecule has 0 radical (unpaired) electrons. The van der Waals surface area contributed by atoms with Crippen molar-refractivity contribution in [2.45, 2.75) is 4.90 Å². The van der Waals surface area contributed by atoms with Crippen LogP contribution in [-0.2, 0) is 9.84 Å². The van der Waals surface area contributed by atoms with E-state index in [9.17, 15) is 18.5 Å². The van der Waals surface area contributed by atoms with Gasteiger partial charge in [-0.15, -0.1) is 0 Å². The summed E-state index contributed by atoms with van der Waals surface area (Å²) in [7, 11) is -3.37. The summed E-state index contributed by atoms with van der Waals surface area (Å²) in [6.45, 7) is 2.26. The number of amides is 1. The Morgan fingerprint density at radius 3 is 2.41 bits per heavy atom. The molecule has 0 saturated carbocycles. The van der Waals surface area contributed by atoms with Gasteiger partial charge in [0.1, 0.15) is 6.07 Å². The number of piperazine rings is 1. The van der Waals surface area contributed by atoms with Crippen molar-refractivity contribution in [1.29, 1.82) is 5.26 Å². The van der Waals surface area contributed by atoms with Crippen molar-refractivity contribution in [1.82, 2.24) is 4.90 Å².